The monoisotopic (exact) mass is 253 g/mol. The normalized spacial score (nSPS) is 22.1. The first kappa shape index (κ1) is 12.4. The molecule has 1 aliphatic carbocycles. The lowest BCUT2D eigenvalue weighted by atomic mass is 9.61. The summed E-state index contributed by atoms with van der Waals surface area (Å²) in [6, 6.07) is 1.73. The third-order valence-corrected chi connectivity index (χ3v) is 3.97. The van der Waals surface area contributed by atoms with E-state index in [1.165, 1.54) is 0 Å². The van der Waals surface area contributed by atoms with E-state index in [1.54, 1.807) is 18.5 Å². The van der Waals surface area contributed by atoms with Gasteiger partial charge in [-0.05, 0) is 12.8 Å². The summed E-state index contributed by atoms with van der Waals surface area (Å²) >= 11 is 5.85. The lowest BCUT2D eigenvalue weighted by Crippen LogP contribution is -2.56. The van der Waals surface area contributed by atoms with Gasteiger partial charge in [-0.3, -0.25) is 9.78 Å². The van der Waals surface area contributed by atoms with E-state index in [1.807, 2.05) is 13.8 Å². The first-order valence-corrected chi connectivity index (χ1v) is 6.30. The summed E-state index contributed by atoms with van der Waals surface area (Å²) in [5, 5.41) is 0.548. The number of rotatable bonds is 4. The van der Waals surface area contributed by atoms with Crippen LogP contribution in [-0.2, 0) is 4.79 Å². The van der Waals surface area contributed by atoms with E-state index in [0.29, 0.717) is 23.0 Å². The van der Waals surface area contributed by atoms with Crippen molar-refractivity contribution in [3.8, 4) is 5.75 Å². The average molecular weight is 254 g/mol. The van der Waals surface area contributed by atoms with E-state index in [9.17, 15) is 4.79 Å². The molecule has 0 aliphatic heterocycles. The van der Waals surface area contributed by atoms with Crippen LogP contribution < -0.4 is 4.74 Å². The van der Waals surface area contributed by atoms with Crippen LogP contribution in [0.5, 0.6) is 5.75 Å². The van der Waals surface area contributed by atoms with Crippen LogP contribution in [0.3, 0.4) is 0 Å². The summed E-state index contributed by atoms with van der Waals surface area (Å²) in [5.41, 5.74) is -0.303. The molecule has 1 aromatic heterocycles. The van der Waals surface area contributed by atoms with Crippen LogP contribution in [0.1, 0.15) is 33.1 Å². The molecule has 1 saturated carbocycles. The Morgan fingerprint density at radius 1 is 1.47 bits per heavy atom. The second-order valence-electron chi connectivity index (χ2n) is 4.44. The Morgan fingerprint density at radius 3 is 2.71 bits per heavy atom. The lowest BCUT2D eigenvalue weighted by Gasteiger charge is -2.46. The van der Waals surface area contributed by atoms with Gasteiger partial charge in [-0.1, -0.05) is 25.4 Å². The molecule has 0 aromatic carbocycles. The molecule has 1 heterocycles. The highest BCUT2D eigenvalue weighted by Crippen LogP contribution is 2.45. The van der Waals surface area contributed by atoms with Crippen molar-refractivity contribution in [3.63, 3.8) is 0 Å². The fourth-order valence-corrected chi connectivity index (χ4v) is 2.65. The minimum Gasteiger partial charge on any atom is -0.487 e. The molecule has 0 radical (unpaired) electrons. The third kappa shape index (κ3) is 2.04. The van der Waals surface area contributed by atoms with Gasteiger partial charge in [0, 0.05) is 18.7 Å². The highest BCUT2D eigenvalue weighted by Gasteiger charge is 2.53. The zero-order valence-corrected chi connectivity index (χ0v) is 10.8. The minimum atomic E-state index is -0.303. The number of carbonyl (C=O) groups is 1. The summed E-state index contributed by atoms with van der Waals surface area (Å²) in [5.74, 6) is 0.948. The number of hydrogen-bond donors (Lipinski definition) is 0. The highest BCUT2D eigenvalue weighted by atomic mass is 35.5. The van der Waals surface area contributed by atoms with Crippen LogP contribution in [0.4, 0.5) is 0 Å². The Kier molecular flexibility index (Phi) is 3.38. The largest absolute Gasteiger partial charge is 0.487 e. The van der Waals surface area contributed by atoms with Crippen LogP contribution in [0, 0.1) is 5.41 Å². The molecule has 0 spiro atoms. The number of Topliss-reactive ketones (excluding diaryl/α,β-unsaturated/α-hetero) is 1. The van der Waals surface area contributed by atoms with Crippen LogP contribution in [0.25, 0.3) is 0 Å². The molecule has 1 atom stereocenters. The number of nitrogens with zero attached hydrogens (tertiary/aromatic N) is 1. The summed E-state index contributed by atoms with van der Waals surface area (Å²) in [6.07, 6.45) is 5.29. The first-order chi connectivity index (χ1) is 8.12. The van der Waals surface area contributed by atoms with Gasteiger partial charge in [0.15, 0.2) is 0 Å². The minimum absolute atomic E-state index is 0.0368. The van der Waals surface area contributed by atoms with Gasteiger partial charge in [-0.25, -0.2) is 0 Å². The second-order valence-corrected chi connectivity index (χ2v) is 4.87. The molecule has 3 nitrogen and oxygen atoms in total. The van der Waals surface area contributed by atoms with E-state index >= 15 is 0 Å². The first-order valence-electron chi connectivity index (χ1n) is 5.93. The molecule has 2 rings (SSSR count). The van der Waals surface area contributed by atoms with Gasteiger partial charge in [0.05, 0.1) is 16.6 Å². The lowest BCUT2D eigenvalue weighted by molar-refractivity contribution is -0.153. The molecule has 0 bridgehead atoms. The predicted molar refractivity (Wildman–Crippen MR) is 66.3 cm³/mol. The third-order valence-electron chi connectivity index (χ3n) is 3.76. The van der Waals surface area contributed by atoms with Gasteiger partial charge < -0.3 is 4.74 Å². The number of pyridine rings is 1. The molecule has 1 fully saturated rings. The van der Waals surface area contributed by atoms with Crippen LogP contribution in [0.15, 0.2) is 18.5 Å². The smallest absolute Gasteiger partial charge is 0.146 e. The zero-order chi connectivity index (χ0) is 12.5. The Morgan fingerprint density at radius 2 is 2.18 bits per heavy atom. The van der Waals surface area contributed by atoms with Crippen molar-refractivity contribution in [2.75, 3.05) is 0 Å². The molecular formula is C13H16ClNO2. The molecule has 1 aliphatic rings. The fourth-order valence-electron chi connectivity index (χ4n) is 2.49. The van der Waals surface area contributed by atoms with Crippen molar-refractivity contribution >= 4 is 17.4 Å². The summed E-state index contributed by atoms with van der Waals surface area (Å²) in [7, 11) is 0. The molecule has 92 valence electrons. The number of hydrogen-bond acceptors (Lipinski definition) is 3. The van der Waals surface area contributed by atoms with Gasteiger partial charge >= 0.3 is 0 Å². The summed E-state index contributed by atoms with van der Waals surface area (Å²) < 4.78 is 5.83. The Hall–Kier alpha value is -1.09. The number of aromatic nitrogens is 1. The van der Waals surface area contributed by atoms with E-state index < -0.39 is 0 Å². The van der Waals surface area contributed by atoms with Gasteiger partial charge in [0.1, 0.15) is 17.6 Å². The summed E-state index contributed by atoms with van der Waals surface area (Å²) in [6.45, 7) is 4.07. The average Bonchev–Trinajstić information content (AvgIpc) is 2.30. The fraction of sp³-hybridized carbons (Fsp3) is 0.538. The predicted octanol–water partition coefficient (Wildman–Crippen LogP) is 3.26. The Labute approximate surface area is 106 Å². The van der Waals surface area contributed by atoms with E-state index in [2.05, 4.69) is 4.98 Å². The van der Waals surface area contributed by atoms with Gasteiger partial charge in [0.2, 0.25) is 0 Å². The molecule has 1 aromatic rings. The van der Waals surface area contributed by atoms with Gasteiger partial charge in [0.25, 0.3) is 0 Å². The quantitative estimate of drug-likeness (QED) is 0.827. The number of carbonyl (C=O) groups excluding carboxylic acids is 1. The Bertz CT molecular complexity index is 429. The van der Waals surface area contributed by atoms with Crippen LogP contribution in [0.2, 0.25) is 5.02 Å². The second kappa shape index (κ2) is 4.65. The molecule has 1 unspecified atom stereocenters. The van der Waals surface area contributed by atoms with E-state index in [-0.39, 0.29) is 11.5 Å². The molecular weight excluding hydrogens is 238 g/mol. The Balaban J connectivity index is 2.13. The zero-order valence-electron chi connectivity index (χ0n) is 10.1. The summed E-state index contributed by atoms with van der Waals surface area (Å²) in [4.78, 5) is 15.7. The van der Waals surface area contributed by atoms with E-state index in [0.717, 1.165) is 12.8 Å². The molecule has 0 N–H and O–H groups in total. The number of ketones is 1. The molecule has 0 saturated heterocycles. The van der Waals surface area contributed by atoms with Crippen molar-refractivity contribution in [3.05, 3.63) is 23.5 Å². The van der Waals surface area contributed by atoms with Gasteiger partial charge in [-0.2, -0.15) is 0 Å². The standard InChI is InChI=1S/C13H16ClNO2/c1-3-13(4-2)11(16)6-12(13)17-10-5-9(14)7-15-8-10/h5,7-8,12H,3-4,6H2,1-2H3. The van der Waals surface area contributed by atoms with Crippen LogP contribution >= 0.6 is 11.6 Å². The topological polar surface area (TPSA) is 39.2 Å². The molecule has 17 heavy (non-hydrogen) atoms. The van der Waals surface area contributed by atoms with Crippen LogP contribution in [-0.4, -0.2) is 16.9 Å². The van der Waals surface area contributed by atoms with E-state index in [4.69, 9.17) is 16.3 Å². The number of halogens is 1. The molecule has 4 heteroatoms. The van der Waals surface area contributed by atoms with Gasteiger partial charge in [-0.15, -0.1) is 0 Å². The maximum absolute atomic E-state index is 11.8. The SMILES string of the molecule is CCC1(CC)C(=O)CC1Oc1cncc(Cl)c1. The highest BCUT2D eigenvalue weighted by molar-refractivity contribution is 6.30. The van der Waals surface area contributed by atoms with Crippen molar-refractivity contribution in [1.29, 1.82) is 0 Å². The maximum atomic E-state index is 11.8. The van der Waals surface area contributed by atoms with Crippen molar-refractivity contribution in [2.45, 2.75) is 39.2 Å². The van der Waals surface area contributed by atoms with Crippen molar-refractivity contribution < 1.29 is 9.53 Å². The van der Waals surface area contributed by atoms with Crippen molar-refractivity contribution in [1.82, 2.24) is 4.98 Å². The number of ether oxygens (including phenoxy) is 1. The van der Waals surface area contributed by atoms with Crippen molar-refractivity contribution in [2.24, 2.45) is 5.41 Å². The maximum Gasteiger partial charge on any atom is 0.146 e. The molecule has 0 amide bonds.